The van der Waals surface area contributed by atoms with Gasteiger partial charge in [-0.15, -0.1) is 0 Å². The van der Waals surface area contributed by atoms with Crippen molar-refractivity contribution < 1.29 is 18.9 Å². The molecular formula is C34H36O4S. The van der Waals surface area contributed by atoms with Crippen LogP contribution >= 0.6 is 11.8 Å². The van der Waals surface area contributed by atoms with E-state index >= 15 is 0 Å². The zero-order valence-electron chi connectivity index (χ0n) is 22.1. The van der Waals surface area contributed by atoms with Crippen molar-refractivity contribution in [3.8, 4) is 0 Å². The number of ether oxygens (including phenoxy) is 4. The third-order valence-corrected chi connectivity index (χ3v) is 7.93. The Kier molecular flexibility index (Phi) is 10.6. The van der Waals surface area contributed by atoms with Gasteiger partial charge in [0.2, 0.25) is 0 Å². The second-order valence-corrected chi connectivity index (χ2v) is 10.8. The van der Waals surface area contributed by atoms with Crippen LogP contribution in [0.1, 0.15) is 22.3 Å². The Morgan fingerprint density at radius 3 is 1.00 bits per heavy atom. The lowest BCUT2D eigenvalue weighted by atomic mass is 10.0. The average Bonchev–Trinajstić information content (AvgIpc) is 3.17. The normalized spacial score (nSPS) is 21.3. The minimum atomic E-state index is -0.298. The molecule has 4 aromatic rings. The molecule has 0 amide bonds. The van der Waals surface area contributed by atoms with Crippen molar-refractivity contribution >= 4 is 11.8 Å². The summed E-state index contributed by atoms with van der Waals surface area (Å²) in [6, 6.07) is 41.2. The van der Waals surface area contributed by atoms with Crippen LogP contribution in [0.3, 0.4) is 0 Å². The fraction of sp³-hybridized carbons (Fsp3) is 0.294. The Morgan fingerprint density at radius 2 is 0.692 bits per heavy atom. The van der Waals surface area contributed by atoms with Crippen LogP contribution in [0.15, 0.2) is 121 Å². The van der Waals surface area contributed by atoms with Crippen molar-refractivity contribution in [3.63, 3.8) is 0 Å². The summed E-state index contributed by atoms with van der Waals surface area (Å²) in [5.41, 5.74) is 4.54. The van der Waals surface area contributed by atoms with Crippen molar-refractivity contribution in [2.24, 2.45) is 0 Å². The van der Waals surface area contributed by atoms with Gasteiger partial charge in [0, 0.05) is 11.5 Å². The van der Waals surface area contributed by atoms with E-state index < -0.39 is 0 Å². The molecule has 202 valence electrons. The first-order chi connectivity index (χ1) is 19.3. The van der Waals surface area contributed by atoms with Crippen LogP contribution < -0.4 is 0 Å². The molecule has 39 heavy (non-hydrogen) atoms. The van der Waals surface area contributed by atoms with Crippen LogP contribution in [0.4, 0.5) is 0 Å². The molecule has 0 unspecified atom stereocenters. The molecule has 0 aromatic heterocycles. The van der Waals surface area contributed by atoms with E-state index in [-0.39, 0.29) is 24.4 Å². The lowest BCUT2D eigenvalue weighted by molar-refractivity contribution is -0.179. The summed E-state index contributed by atoms with van der Waals surface area (Å²) in [5.74, 6) is 1.62. The summed E-state index contributed by atoms with van der Waals surface area (Å²) in [7, 11) is 0. The maximum absolute atomic E-state index is 6.69. The molecule has 4 atom stereocenters. The summed E-state index contributed by atoms with van der Waals surface area (Å²) >= 11 is 1.84. The van der Waals surface area contributed by atoms with Gasteiger partial charge in [-0.3, -0.25) is 0 Å². The van der Waals surface area contributed by atoms with Gasteiger partial charge in [-0.2, -0.15) is 11.8 Å². The van der Waals surface area contributed by atoms with Crippen molar-refractivity contribution in [3.05, 3.63) is 144 Å². The highest BCUT2D eigenvalue weighted by atomic mass is 32.2. The SMILES string of the molecule is c1ccc(CO[C@@H]2[C@H](OCc3ccccc3)[C@@H](OCc3ccccc3)CSC[C@H]2OCc2ccccc2)cc1. The van der Waals surface area contributed by atoms with Gasteiger partial charge in [0.25, 0.3) is 0 Å². The van der Waals surface area contributed by atoms with E-state index in [0.717, 1.165) is 33.8 Å². The maximum Gasteiger partial charge on any atom is 0.114 e. The molecule has 0 bridgehead atoms. The van der Waals surface area contributed by atoms with E-state index in [1.165, 1.54) is 0 Å². The number of rotatable bonds is 12. The van der Waals surface area contributed by atoms with Gasteiger partial charge >= 0.3 is 0 Å². The number of hydrogen-bond acceptors (Lipinski definition) is 5. The highest BCUT2D eigenvalue weighted by Crippen LogP contribution is 2.30. The second-order valence-electron chi connectivity index (χ2n) is 9.73. The van der Waals surface area contributed by atoms with Gasteiger partial charge in [0.05, 0.1) is 38.6 Å². The van der Waals surface area contributed by atoms with Crippen molar-refractivity contribution in [1.29, 1.82) is 0 Å². The number of hydrogen-bond donors (Lipinski definition) is 0. The maximum atomic E-state index is 6.69. The largest absolute Gasteiger partial charge is 0.370 e. The molecule has 4 nitrogen and oxygen atoms in total. The van der Waals surface area contributed by atoms with Gasteiger partial charge in [-0.05, 0) is 22.3 Å². The Morgan fingerprint density at radius 1 is 0.410 bits per heavy atom. The van der Waals surface area contributed by atoms with Crippen LogP contribution in [0.5, 0.6) is 0 Å². The summed E-state index contributed by atoms with van der Waals surface area (Å²) in [4.78, 5) is 0. The minimum absolute atomic E-state index is 0.148. The van der Waals surface area contributed by atoms with E-state index in [1.807, 2.05) is 84.6 Å². The van der Waals surface area contributed by atoms with Crippen LogP contribution in [0.25, 0.3) is 0 Å². The predicted molar refractivity (Wildman–Crippen MR) is 157 cm³/mol. The zero-order valence-corrected chi connectivity index (χ0v) is 23.0. The molecule has 0 saturated carbocycles. The average molecular weight is 541 g/mol. The Balaban J connectivity index is 1.38. The Bertz CT molecular complexity index is 1110. The highest BCUT2D eigenvalue weighted by molar-refractivity contribution is 7.99. The fourth-order valence-electron chi connectivity index (χ4n) is 4.69. The molecule has 1 aliphatic heterocycles. The first kappa shape index (κ1) is 27.6. The zero-order chi connectivity index (χ0) is 26.5. The smallest absolute Gasteiger partial charge is 0.114 e. The van der Waals surface area contributed by atoms with E-state index in [0.29, 0.717) is 26.4 Å². The molecule has 5 heteroatoms. The van der Waals surface area contributed by atoms with Crippen molar-refractivity contribution in [2.75, 3.05) is 11.5 Å². The molecule has 1 fully saturated rings. The molecule has 0 N–H and O–H groups in total. The van der Waals surface area contributed by atoms with Crippen LogP contribution in [-0.2, 0) is 45.4 Å². The van der Waals surface area contributed by atoms with Crippen molar-refractivity contribution in [1.82, 2.24) is 0 Å². The lowest BCUT2D eigenvalue weighted by Gasteiger charge is -2.35. The molecular weight excluding hydrogens is 504 g/mol. The van der Waals surface area contributed by atoms with E-state index in [2.05, 4.69) is 48.5 Å². The monoisotopic (exact) mass is 540 g/mol. The number of benzene rings is 4. The Hall–Kier alpha value is -2.93. The molecule has 0 spiro atoms. The predicted octanol–water partition coefficient (Wildman–Crippen LogP) is 7.07. The molecule has 1 heterocycles. The first-order valence-corrected chi connectivity index (χ1v) is 14.7. The molecule has 5 rings (SSSR count). The highest BCUT2D eigenvalue weighted by Gasteiger charge is 2.41. The summed E-state index contributed by atoms with van der Waals surface area (Å²) in [6.07, 6.45) is -0.892. The lowest BCUT2D eigenvalue weighted by Crippen LogP contribution is -2.49. The summed E-state index contributed by atoms with van der Waals surface area (Å²) < 4.78 is 26.5. The molecule has 0 aliphatic carbocycles. The summed E-state index contributed by atoms with van der Waals surface area (Å²) in [5, 5.41) is 0. The standard InChI is InChI=1S/C34H36O4S/c1-5-13-27(14-6-1)21-35-31-25-39-26-32(36-22-28-15-7-2-8-16-28)34(38-24-30-19-11-4-12-20-30)33(31)37-23-29-17-9-3-10-18-29/h1-20,31-34H,21-26H2/t31-,32+,33+,34-. The molecule has 1 saturated heterocycles. The first-order valence-electron chi connectivity index (χ1n) is 13.5. The van der Waals surface area contributed by atoms with Gasteiger partial charge in [-0.1, -0.05) is 121 Å². The fourth-order valence-corrected chi connectivity index (χ4v) is 5.86. The van der Waals surface area contributed by atoms with Gasteiger partial charge in [0.15, 0.2) is 0 Å². The van der Waals surface area contributed by atoms with E-state index in [1.54, 1.807) is 0 Å². The van der Waals surface area contributed by atoms with Gasteiger partial charge in [0.1, 0.15) is 12.2 Å². The third kappa shape index (κ3) is 8.53. The second kappa shape index (κ2) is 15.0. The van der Waals surface area contributed by atoms with Crippen LogP contribution in [-0.4, -0.2) is 35.9 Å². The topological polar surface area (TPSA) is 36.9 Å². The molecule has 0 radical (unpaired) electrons. The van der Waals surface area contributed by atoms with Crippen LogP contribution in [0.2, 0.25) is 0 Å². The molecule has 1 aliphatic rings. The summed E-state index contributed by atoms with van der Waals surface area (Å²) in [6.45, 7) is 2.02. The Labute approximate surface area is 236 Å². The van der Waals surface area contributed by atoms with Gasteiger partial charge < -0.3 is 18.9 Å². The number of thioether (sulfide) groups is 1. The minimum Gasteiger partial charge on any atom is -0.370 e. The van der Waals surface area contributed by atoms with Crippen molar-refractivity contribution in [2.45, 2.75) is 50.8 Å². The quantitative estimate of drug-likeness (QED) is 0.192. The molecule has 4 aromatic carbocycles. The van der Waals surface area contributed by atoms with E-state index in [9.17, 15) is 0 Å². The van der Waals surface area contributed by atoms with Crippen LogP contribution in [0, 0.1) is 0 Å². The van der Waals surface area contributed by atoms with E-state index in [4.69, 9.17) is 18.9 Å². The third-order valence-electron chi connectivity index (χ3n) is 6.81. The van der Waals surface area contributed by atoms with Gasteiger partial charge in [-0.25, -0.2) is 0 Å².